The molecule has 146 valence electrons. The quantitative estimate of drug-likeness (QED) is 0.593. The average molecular weight is 386 g/mol. The van der Waals surface area contributed by atoms with Crippen LogP contribution in [0.25, 0.3) is 22.0 Å². The van der Waals surface area contributed by atoms with E-state index in [4.69, 9.17) is 0 Å². The maximum Gasteiger partial charge on any atom is 0.239 e. The number of piperidine rings is 1. The molecule has 0 saturated carbocycles. The van der Waals surface area contributed by atoms with Crippen LogP contribution < -0.4 is 5.32 Å². The van der Waals surface area contributed by atoms with E-state index in [1.807, 2.05) is 29.1 Å². The Morgan fingerprint density at radius 1 is 1.07 bits per heavy atom. The number of aromatic nitrogens is 4. The van der Waals surface area contributed by atoms with Gasteiger partial charge in [0.25, 0.3) is 0 Å². The van der Waals surface area contributed by atoms with Gasteiger partial charge < -0.3 is 5.32 Å². The summed E-state index contributed by atoms with van der Waals surface area (Å²) in [4.78, 5) is 14.6. The van der Waals surface area contributed by atoms with E-state index in [9.17, 15) is 4.79 Å². The van der Waals surface area contributed by atoms with E-state index >= 15 is 0 Å². The first-order valence-corrected chi connectivity index (χ1v) is 10.2. The van der Waals surface area contributed by atoms with Crippen molar-refractivity contribution in [1.82, 2.24) is 24.9 Å². The van der Waals surface area contributed by atoms with Crippen molar-refractivity contribution >= 4 is 46.2 Å². The van der Waals surface area contributed by atoms with Gasteiger partial charge in [-0.1, -0.05) is 12.5 Å². The Bertz CT molecular complexity index is 1030. The summed E-state index contributed by atoms with van der Waals surface area (Å²) in [5.74, 6) is 0.449. The van der Waals surface area contributed by atoms with Crippen LogP contribution >= 0.6 is 0 Å². The van der Waals surface area contributed by atoms with E-state index in [0.29, 0.717) is 12.4 Å². The molecule has 0 unspecified atom stereocenters. The Kier molecular flexibility index (Phi) is 5.45. The van der Waals surface area contributed by atoms with Crippen LogP contribution in [-0.4, -0.2) is 74.0 Å². The van der Waals surface area contributed by atoms with Crippen molar-refractivity contribution in [3.63, 3.8) is 0 Å². The smallest absolute Gasteiger partial charge is 0.239 e. The predicted molar refractivity (Wildman–Crippen MR) is 123 cm³/mol. The summed E-state index contributed by atoms with van der Waals surface area (Å²) in [5.41, 5.74) is 2.91. The van der Waals surface area contributed by atoms with E-state index in [-0.39, 0.29) is 11.1 Å². The Balaban J connectivity index is 1.52. The van der Waals surface area contributed by atoms with Gasteiger partial charge in [0.15, 0.2) is 5.82 Å². The van der Waals surface area contributed by atoms with E-state index in [0.717, 1.165) is 48.0 Å². The van der Waals surface area contributed by atoms with Gasteiger partial charge in [-0.2, -0.15) is 5.10 Å². The molecule has 0 spiro atoms. The number of nitrogens with one attached hydrogen (secondary N) is 1. The predicted octanol–water partition coefficient (Wildman–Crippen LogP) is -0.615. The molecule has 3 aromatic rings. The molecule has 29 heavy (non-hydrogen) atoms. The first-order chi connectivity index (χ1) is 13.9. The summed E-state index contributed by atoms with van der Waals surface area (Å²) >= 11 is 0. The van der Waals surface area contributed by atoms with E-state index in [1.165, 1.54) is 6.42 Å². The van der Waals surface area contributed by atoms with Crippen molar-refractivity contribution in [2.24, 2.45) is 0 Å². The summed E-state index contributed by atoms with van der Waals surface area (Å²) < 4.78 is 1.96. The molecule has 7 nitrogen and oxygen atoms in total. The monoisotopic (exact) mass is 386 g/mol. The Hall–Kier alpha value is -2.61. The van der Waals surface area contributed by atoms with Crippen LogP contribution in [0.2, 0.25) is 0 Å². The number of carbonyl (C=O) groups is 1. The first kappa shape index (κ1) is 19.7. The molecule has 2 aromatic heterocycles. The zero-order valence-electron chi connectivity index (χ0n) is 17.4. The fourth-order valence-corrected chi connectivity index (χ4v) is 3.63. The molecule has 0 bridgehead atoms. The number of benzene rings is 1. The highest BCUT2D eigenvalue weighted by Gasteiger charge is 2.16. The molecule has 1 aromatic carbocycles. The second-order valence-corrected chi connectivity index (χ2v) is 8.73. The minimum Gasteiger partial charge on any atom is -0.308 e. The molecule has 3 heterocycles. The lowest BCUT2D eigenvalue weighted by Gasteiger charge is -2.25. The molecule has 1 aliphatic heterocycles. The highest BCUT2D eigenvalue weighted by molar-refractivity contribution is 6.56. The number of hydrogen-bond donors (Lipinski definition) is 1. The largest absolute Gasteiger partial charge is 0.308 e. The summed E-state index contributed by atoms with van der Waals surface area (Å²) in [7, 11) is 6.37. The second-order valence-electron chi connectivity index (χ2n) is 8.73. The molecule has 1 fully saturated rings. The summed E-state index contributed by atoms with van der Waals surface area (Å²) in [6, 6.07) is 7.92. The molecule has 1 aliphatic rings. The average Bonchev–Trinajstić information content (AvgIpc) is 3.19. The third kappa shape index (κ3) is 4.70. The summed E-state index contributed by atoms with van der Waals surface area (Å²) in [6.07, 6.45) is 7.51. The molecule has 1 N–H and O–H groups in total. The summed E-state index contributed by atoms with van der Waals surface area (Å²) in [5, 5.41) is 16.7. The fourth-order valence-electron chi connectivity index (χ4n) is 3.63. The molecule has 0 radical (unpaired) electrons. The summed E-state index contributed by atoms with van der Waals surface area (Å²) in [6.45, 7) is 2.39. The normalized spacial score (nSPS) is 15.4. The zero-order valence-corrected chi connectivity index (χ0v) is 17.4. The van der Waals surface area contributed by atoms with Gasteiger partial charge in [-0.3, -0.25) is 14.4 Å². The molecular weight excluding hydrogens is 361 g/mol. The van der Waals surface area contributed by atoms with Gasteiger partial charge in [0, 0.05) is 17.1 Å². The first-order valence-electron chi connectivity index (χ1n) is 10.2. The molecule has 10 heteroatoms. The number of rotatable bonds is 5. The van der Waals surface area contributed by atoms with E-state index in [2.05, 4.69) is 61.3 Å². The van der Waals surface area contributed by atoms with Gasteiger partial charge in [-0.15, -0.1) is 10.2 Å². The lowest BCUT2D eigenvalue weighted by molar-refractivity contribution is -0.117. The minimum atomic E-state index is -0.0631. The number of amides is 1. The standard InChI is InChI=1S/C19H25B3N6O/c20-19(21,22)28-11-15(10-23-28)13-4-5-16-14(8-13)9-17(26-25-16)24-18(29)12-27-6-2-1-3-7-27/h4-5,8-11H,1-3,6-7,12,20-22H2,(H,24,26,29). The third-order valence-electron chi connectivity index (χ3n) is 5.27. The molecule has 0 atom stereocenters. The lowest BCUT2D eigenvalue weighted by atomic mass is 9.49. The van der Waals surface area contributed by atoms with Crippen LogP contribution in [0.1, 0.15) is 19.3 Å². The zero-order chi connectivity index (χ0) is 20.4. The Morgan fingerprint density at radius 3 is 2.59 bits per heavy atom. The highest BCUT2D eigenvalue weighted by Crippen LogP contribution is 2.25. The van der Waals surface area contributed by atoms with Crippen molar-refractivity contribution in [1.29, 1.82) is 0 Å². The maximum absolute atomic E-state index is 12.4. The Labute approximate surface area is 173 Å². The molecular formula is C19H25B3N6O. The molecule has 4 rings (SSSR count). The van der Waals surface area contributed by atoms with Gasteiger partial charge in [0.2, 0.25) is 5.91 Å². The van der Waals surface area contributed by atoms with Gasteiger partial charge in [-0.05, 0) is 54.9 Å². The van der Waals surface area contributed by atoms with Crippen LogP contribution in [0.4, 0.5) is 5.82 Å². The third-order valence-corrected chi connectivity index (χ3v) is 5.27. The maximum atomic E-state index is 12.4. The topological polar surface area (TPSA) is 75.9 Å². The number of anilines is 1. The van der Waals surface area contributed by atoms with E-state index < -0.39 is 0 Å². The van der Waals surface area contributed by atoms with Crippen molar-refractivity contribution in [2.45, 2.75) is 24.5 Å². The number of fused-ring (bicyclic) bond motifs is 1. The van der Waals surface area contributed by atoms with Gasteiger partial charge in [-0.25, -0.2) is 0 Å². The number of carbonyl (C=O) groups excluding carboxylic acids is 1. The van der Waals surface area contributed by atoms with Crippen LogP contribution in [0.3, 0.4) is 0 Å². The van der Waals surface area contributed by atoms with Gasteiger partial charge >= 0.3 is 0 Å². The van der Waals surface area contributed by atoms with Gasteiger partial charge in [0.1, 0.15) is 23.5 Å². The second kappa shape index (κ2) is 8.03. The lowest BCUT2D eigenvalue weighted by Crippen LogP contribution is -2.37. The number of hydrogen-bond acceptors (Lipinski definition) is 5. The number of likely N-dealkylation sites (tertiary alicyclic amines) is 1. The highest BCUT2D eigenvalue weighted by atomic mass is 16.2. The molecule has 1 amide bonds. The Morgan fingerprint density at radius 2 is 1.86 bits per heavy atom. The van der Waals surface area contributed by atoms with Crippen LogP contribution in [0, 0.1) is 0 Å². The van der Waals surface area contributed by atoms with Crippen molar-refractivity contribution in [3.8, 4) is 11.1 Å². The SMILES string of the molecule is BC(B)(B)n1cc(-c2ccc3nnc(NC(=O)CN4CCCCC4)cc3c2)cn1. The van der Waals surface area contributed by atoms with Crippen molar-refractivity contribution in [3.05, 3.63) is 36.7 Å². The van der Waals surface area contributed by atoms with Crippen LogP contribution in [0.15, 0.2) is 36.7 Å². The van der Waals surface area contributed by atoms with Crippen LogP contribution in [-0.2, 0) is 10.0 Å². The fraction of sp³-hybridized carbons (Fsp3) is 0.368. The van der Waals surface area contributed by atoms with E-state index in [1.54, 1.807) is 0 Å². The minimum absolute atomic E-state index is 0.0387. The molecule has 1 saturated heterocycles. The van der Waals surface area contributed by atoms with Gasteiger partial charge in [0.05, 0.1) is 18.3 Å². The van der Waals surface area contributed by atoms with Crippen molar-refractivity contribution in [2.75, 3.05) is 25.0 Å². The van der Waals surface area contributed by atoms with Crippen molar-refractivity contribution < 1.29 is 4.79 Å². The van der Waals surface area contributed by atoms with Crippen LogP contribution in [0.5, 0.6) is 0 Å². The number of nitrogens with zero attached hydrogens (tertiary/aromatic N) is 5. The molecule has 0 aliphatic carbocycles.